The molecule has 6 rings (SSSR count). The maximum Gasteiger partial charge on any atom is 0.251 e. The average Bonchev–Trinajstić information content (AvgIpc) is 3.42. The second-order valence-electron chi connectivity index (χ2n) is 9.64. The lowest BCUT2D eigenvalue weighted by Crippen LogP contribution is -2.51. The first-order valence-electron chi connectivity index (χ1n) is 10.4. The minimum atomic E-state index is -3.94. The van der Waals surface area contributed by atoms with E-state index in [9.17, 15) is 17.6 Å². The van der Waals surface area contributed by atoms with Gasteiger partial charge in [-0.15, -0.1) is 0 Å². The van der Waals surface area contributed by atoms with Crippen molar-refractivity contribution in [3.8, 4) is 0 Å². The minimum Gasteiger partial charge on any atom is -0.351 e. The number of hydrogen-bond donors (Lipinski definition) is 2. The lowest BCUT2D eigenvalue weighted by Gasteiger charge is -2.56. The quantitative estimate of drug-likeness (QED) is 0.762. The van der Waals surface area contributed by atoms with Gasteiger partial charge in [0, 0.05) is 18.2 Å². The number of rotatable bonds is 6. The van der Waals surface area contributed by atoms with E-state index >= 15 is 0 Å². The maximum absolute atomic E-state index is 14.1. The van der Waals surface area contributed by atoms with Crippen LogP contribution in [0.5, 0.6) is 0 Å². The van der Waals surface area contributed by atoms with E-state index in [2.05, 4.69) is 10.0 Å². The molecular formula is C21H27FN2O3S. The van der Waals surface area contributed by atoms with Gasteiger partial charge in [-0.3, -0.25) is 4.79 Å². The minimum absolute atomic E-state index is 0.113. The van der Waals surface area contributed by atoms with E-state index in [0.717, 1.165) is 42.7 Å². The van der Waals surface area contributed by atoms with Crippen LogP contribution in [-0.2, 0) is 10.0 Å². The number of hydrogen-bond acceptors (Lipinski definition) is 3. The van der Waals surface area contributed by atoms with Crippen molar-refractivity contribution >= 4 is 15.9 Å². The number of amides is 1. The molecule has 28 heavy (non-hydrogen) atoms. The highest BCUT2D eigenvalue weighted by Crippen LogP contribution is 2.59. The third-order valence-corrected chi connectivity index (χ3v) is 8.71. The fourth-order valence-electron chi connectivity index (χ4n) is 6.21. The van der Waals surface area contributed by atoms with E-state index in [0.29, 0.717) is 6.54 Å². The molecule has 0 aliphatic heterocycles. The molecule has 2 N–H and O–H groups in total. The van der Waals surface area contributed by atoms with Crippen molar-refractivity contribution in [3.05, 3.63) is 29.6 Å². The Kier molecular flexibility index (Phi) is 4.32. The van der Waals surface area contributed by atoms with Crippen molar-refractivity contribution < 1.29 is 17.6 Å². The maximum atomic E-state index is 14.1. The summed E-state index contributed by atoms with van der Waals surface area (Å²) in [5, 5.41) is 3.03. The molecule has 0 heterocycles. The number of sulfonamides is 1. The van der Waals surface area contributed by atoms with E-state index in [1.165, 1.54) is 44.6 Å². The predicted molar refractivity (Wildman–Crippen MR) is 103 cm³/mol. The number of benzene rings is 1. The van der Waals surface area contributed by atoms with Gasteiger partial charge in [0.15, 0.2) is 0 Å². The van der Waals surface area contributed by atoms with Crippen molar-refractivity contribution in [3.63, 3.8) is 0 Å². The summed E-state index contributed by atoms with van der Waals surface area (Å²) in [6.07, 6.45) is 9.15. The Morgan fingerprint density at radius 3 is 2.25 bits per heavy atom. The first kappa shape index (κ1) is 18.6. The molecule has 7 heteroatoms. The van der Waals surface area contributed by atoms with Crippen molar-refractivity contribution in [2.24, 2.45) is 23.2 Å². The third kappa shape index (κ3) is 3.47. The third-order valence-electron chi connectivity index (χ3n) is 7.17. The Labute approximate surface area is 165 Å². The smallest absolute Gasteiger partial charge is 0.251 e. The summed E-state index contributed by atoms with van der Waals surface area (Å²) >= 11 is 0. The molecule has 5 aliphatic carbocycles. The van der Waals surface area contributed by atoms with Crippen LogP contribution in [0.3, 0.4) is 0 Å². The fraction of sp³-hybridized carbons (Fsp3) is 0.667. The van der Waals surface area contributed by atoms with Crippen molar-refractivity contribution in [2.45, 2.75) is 62.3 Å². The van der Waals surface area contributed by atoms with Gasteiger partial charge in [-0.05, 0) is 92.7 Å². The van der Waals surface area contributed by atoms with E-state index in [1.54, 1.807) is 0 Å². The van der Waals surface area contributed by atoms with Gasteiger partial charge in [0.25, 0.3) is 5.91 Å². The van der Waals surface area contributed by atoms with Crippen LogP contribution in [0.15, 0.2) is 23.1 Å². The van der Waals surface area contributed by atoms with Crippen molar-refractivity contribution in [1.82, 2.24) is 10.0 Å². The topological polar surface area (TPSA) is 75.3 Å². The van der Waals surface area contributed by atoms with Crippen LogP contribution >= 0.6 is 0 Å². The Morgan fingerprint density at radius 1 is 1.07 bits per heavy atom. The Hall–Kier alpha value is -1.47. The highest BCUT2D eigenvalue weighted by molar-refractivity contribution is 7.89. The molecule has 0 atom stereocenters. The number of nitrogens with one attached hydrogen (secondary N) is 2. The van der Waals surface area contributed by atoms with Crippen LogP contribution in [0.4, 0.5) is 4.39 Å². The van der Waals surface area contributed by atoms with Crippen LogP contribution in [0.2, 0.25) is 0 Å². The van der Waals surface area contributed by atoms with Gasteiger partial charge >= 0.3 is 0 Å². The lowest BCUT2D eigenvalue weighted by molar-refractivity contribution is -0.0503. The summed E-state index contributed by atoms with van der Waals surface area (Å²) in [7, 11) is -3.94. The molecule has 1 aromatic carbocycles. The van der Waals surface area contributed by atoms with Gasteiger partial charge in [-0.1, -0.05) is 0 Å². The van der Waals surface area contributed by atoms with Crippen LogP contribution < -0.4 is 10.0 Å². The van der Waals surface area contributed by atoms with Crippen molar-refractivity contribution in [1.29, 1.82) is 0 Å². The van der Waals surface area contributed by atoms with Crippen LogP contribution in [0.1, 0.15) is 61.7 Å². The van der Waals surface area contributed by atoms with Crippen LogP contribution in [0, 0.1) is 29.0 Å². The number of halogens is 1. The van der Waals surface area contributed by atoms with E-state index in [1.807, 2.05) is 0 Å². The average molecular weight is 407 g/mol. The zero-order chi connectivity index (χ0) is 19.5. The van der Waals surface area contributed by atoms with Gasteiger partial charge in [-0.25, -0.2) is 17.5 Å². The summed E-state index contributed by atoms with van der Waals surface area (Å²) in [6.45, 7) is 0.634. The molecule has 5 saturated carbocycles. The van der Waals surface area contributed by atoms with Crippen LogP contribution in [0.25, 0.3) is 0 Å². The van der Waals surface area contributed by atoms with E-state index in [4.69, 9.17) is 0 Å². The summed E-state index contributed by atoms with van der Waals surface area (Å²) in [4.78, 5) is 12.3. The highest BCUT2D eigenvalue weighted by atomic mass is 32.2. The normalized spacial score (nSPS) is 33.8. The first-order chi connectivity index (χ1) is 13.3. The van der Waals surface area contributed by atoms with Gasteiger partial charge in [0.1, 0.15) is 10.7 Å². The summed E-state index contributed by atoms with van der Waals surface area (Å²) in [6, 6.07) is 3.48. The fourth-order valence-corrected chi connectivity index (χ4v) is 7.62. The number of carbonyl (C=O) groups is 1. The summed E-state index contributed by atoms with van der Waals surface area (Å²) in [5.41, 5.74) is 0.398. The molecule has 5 nitrogen and oxygen atoms in total. The molecule has 152 valence electrons. The van der Waals surface area contributed by atoms with Crippen LogP contribution in [-0.4, -0.2) is 26.9 Å². The molecule has 0 saturated heterocycles. The number of carbonyl (C=O) groups excluding carboxylic acids is 1. The predicted octanol–water partition coefficient (Wildman–Crippen LogP) is 3.21. The monoisotopic (exact) mass is 406 g/mol. The first-order valence-corrected chi connectivity index (χ1v) is 11.9. The zero-order valence-electron chi connectivity index (χ0n) is 15.9. The van der Waals surface area contributed by atoms with Gasteiger partial charge < -0.3 is 5.32 Å². The molecule has 0 radical (unpaired) electrons. The molecule has 1 amide bonds. The second-order valence-corrected chi connectivity index (χ2v) is 11.3. The summed E-state index contributed by atoms with van der Waals surface area (Å²) in [5.74, 6) is 1.27. The molecule has 0 spiro atoms. The second kappa shape index (κ2) is 6.52. The molecule has 1 aromatic rings. The van der Waals surface area contributed by atoms with Gasteiger partial charge in [-0.2, -0.15) is 0 Å². The molecular weight excluding hydrogens is 379 g/mol. The van der Waals surface area contributed by atoms with Gasteiger partial charge in [0.05, 0.1) is 0 Å². The zero-order valence-corrected chi connectivity index (χ0v) is 16.7. The highest BCUT2D eigenvalue weighted by Gasteiger charge is 2.50. The molecule has 5 fully saturated rings. The molecule has 0 aromatic heterocycles. The van der Waals surface area contributed by atoms with E-state index in [-0.39, 0.29) is 22.9 Å². The lowest BCUT2D eigenvalue weighted by atomic mass is 9.49. The van der Waals surface area contributed by atoms with Gasteiger partial charge in [0.2, 0.25) is 10.0 Å². The Morgan fingerprint density at radius 2 is 1.68 bits per heavy atom. The largest absolute Gasteiger partial charge is 0.351 e. The standard InChI is InChI=1S/C21H27FN2O3S/c22-18-4-1-16(8-19(18)28(26,27)24-17-2-3-17)20(25)23-12-21-9-13-5-14(10-21)7-15(6-13)11-21/h1,4,8,13-15,17,24H,2-3,5-7,9-12H2,(H,23,25). The molecule has 5 aliphatic rings. The van der Waals surface area contributed by atoms with E-state index < -0.39 is 20.7 Å². The molecule has 0 unspecified atom stereocenters. The van der Waals surface area contributed by atoms with Crippen molar-refractivity contribution in [2.75, 3.05) is 6.54 Å². The SMILES string of the molecule is O=C(NCC12CC3CC(CC(C3)C1)C2)c1ccc(F)c(S(=O)(=O)NC2CC2)c1. The Balaban J connectivity index is 1.30. The summed E-state index contributed by atoms with van der Waals surface area (Å²) < 4.78 is 41.4. The Bertz CT molecular complexity index is 875. The molecule has 4 bridgehead atoms.